The quantitative estimate of drug-likeness (QED) is 0.673. The van der Waals surface area contributed by atoms with Crippen molar-refractivity contribution < 1.29 is 0 Å². The molecule has 16 heavy (non-hydrogen) atoms. The fraction of sp³-hybridized carbons (Fsp3) is 0.867. The zero-order chi connectivity index (χ0) is 11.5. The molecule has 0 saturated heterocycles. The van der Waals surface area contributed by atoms with Gasteiger partial charge in [-0.1, -0.05) is 25.3 Å². The Hall–Kier alpha value is -0.300. The molecule has 3 atom stereocenters. The first-order valence-corrected chi connectivity index (χ1v) is 7.11. The third kappa shape index (κ3) is 2.68. The van der Waals surface area contributed by atoms with Crippen molar-refractivity contribution in [3.8, 4) is 0 Å². The summed E-state index contributed by atoms with van der Waals surface area (Å²) in [5.74, 6) is 3.15. The molecule has 2 saturated carbocycles. The lowest BCUT2D eigenvalue weighted by molar-refractivity contribution is 0.415. The van der Waals surface area contributed by atoms with Crippen LogP contribution in [0.4, 0.5) is 0 Å². The Kier molecular flexibility index (Phi) is 4.07. The molecule has 92 valence electrons. The van der Waals surface area contributed by atoms with Gasteiger partial charge in [0.1, 0.15) is 0 Å². The first-order valence-electron chi connectivity index (χ1n) is 7.11. The molecule has 2 aliphatic rings. The van der Waals surface area contributed by atoms with E-state index in [0.29, 0.717) is 0 Å². The second-order valence-corrected chi connectivity index (χ2v) is 5.85. The van der Waals surface area contributed by atoms with Crippen LogP contribution < -0.4 is 5.32 Å². The minimum absolute atomic E-state index is 0.773. The fourth-order valence-corrected chi connectivity index (χ4v) is 3.74. The summed E-state index contributed by atoms with van der Waals surface area (Å²) in [7, 11) is 0. The molecule has 0 aromatic rings. The zero-order valence-corrected chi connectivity index (χ0v) is 11.0. The molecular weight excluding hydrogens is 194 g/mol. The van der Waals surface area contributed by atoms with E-state index in [9.17, 15) is 0 Å². The molecule has 3 unspecified atom stereocenters. The summed E-state index contributed by atoms with van der Waals surface area (Å²) in [5.41, 5.74) is 1.34. The van der Waals surface area contributed by atoms with E-state index < -0.39 is 0 Å². The molecule has 0 aromatic heterocycles. The summed E-state index contributed by atoms with van der Waals surface area (Å²) < 4.78 is 0. The Bertz CT molecular complexity index is 234. The lowest BCUT2D eigenvalue weighted by atomic mass is 10.0. The van der Waals surface area contributed by atoms with Crippen LogP contribution in [-0.4, -0.2) is 12.6 Å². The molecule has 0 heterocycles. The zero-order valence-electron chi connectivity index (χ0n) is 11.0. The Balaban J connectivity index is 1.85. The Morgan fingerprint density at radius 1 is 1.31 bits per heavy atom. The Morgan fingerprint density at radius 3 is 2.44 bits per heavy atom. The molecule has 0 aromatic carbocycles. The maximum atomic E-state index is 4.03. The van der Waals surface area contributed by atoms with Crippen LogP contribution in [0, 0.1) is 17.8 Å². The van der Waals surface area contributed by atoms with Gasteiger partial charge in [-0.05, 0) is 56.9 Å². The Labute approximate surface area is 101 Å². The highest BCUT2D eigenvalue weighted by Crippen LogP contribution is 2.57. The average molecular weight is 221 g/mol. The van der Waals surface area contributed by atoms with E-state index in [0.717, 1.165) is 30.3 Å². The number of fused-ring (bicyclic) bond motifs is 1. The van der Waals surface area contributed by atoms with Crippen LogP contribution in [-0.2, 0) is 0 Å². The molecule has 0 spiro atoms. The van der Waals surface area contributed by atoms with E-state index in [4.69, 9.17) is 0 Å². The molecule has 2 rings (SSSR count). The van der Waals surface area contributed by atoms with Crippen LogP contribution in [0.25, 0.3) is 0 Å². The van der Waals surface area contributed by atoms with E-state index in [1.807, 2.05) is 0 Å². The maximum Gasteiger partial charge on any atom is 0.0104 e. The number of rotatable bonds is 6. The maximum absolute atomic E-state index is 4.03. The fourth-order valence-electron chi connectivity index (χ4n) is 3.74. The van der Waals surface area contributed by atoms with Crippen LogP contribution in [0.15, 0.2) is 12.2 Å². The van der Waals surface area contributed by atoms with Gasteiger partial charge in [0.05, 0.1) is 0 Å². The van der Waals surface area contributed by atoms with E-state index in [2.05, 4.69) is 25.7 Å². The van der Waals surface area contributed by atoms with Crippen molar-refractivity contribution in [3.63, 3.8) is 0 Å². The topological polar surface area (TPSA) is 12.0 Å². The number of hydrogen-bond donors (Lipinski definition) is 1. The van der Waals surface area contributed by atoms with Gasteiger partial charge in [0.15, 0.2) is 0 Å². The normalized spacial score (nSPS) is 34.2. The van der Waals surface area contributed by atoms with Gasteiger partial charge in [-0.2, -0.15) is 0 Å². The molecule has 2 aliphatic carbocycles. The summed E-state index contributed by atoms with van der Waals surface area (Å²) in [6.07, 6.45) is 8.48. The average Bonchev–Trinajstić information content (AvgIpc) is 2.98. The summed E-state index contributed by atoms with van der Waals surface area (Å²) in [6.45, 7) is 9.54. The molecule has 1 N–H and O–H groups in total. The molecule has 0 radical (unpaired) electrons. The third-order valence-electron chi connectivity index (χ3n) is 4.54. The summed E-state index contributed by atoms with van der Waals surface area (Å²) >= 11 is 0. The first-order chi connectivity index (χ1) is 7.74. The molecule has 1 nitrogen and oxygen atoms in total. The minimum atomic E-state index is 0.773. The minimum Gasteiger partial charge on any atom is -0.314 e. The summed E-state index contributed by atoms with van der Waals surface area (Å²) in [5, 5.41) is 3.72. The van der Waals surface area contributed by atoms with E-state index in [1.165, 1.54) is 44.1 Å². The highest BCUT2D eigenvalue weighted by atomic mass is 14.9. The number of hydrogen-bond acceptors (Lipinski definition) is 1. The molecule has 0 bridgehead atoms. The Morgan fingerprint density at radius 2 is 1.94 bits per heavy atom. The lowest BCUT2D eigenvalue weighted by Crippen LogP contribution is -2.32. The second kappa shape index (κ2) is 5.35. The third-order valence-corrected chi connectivity index (χ3v) is 4.54. The largest absolute Gasteiger partial charge is 0.314 e. The van der Waals surface area contributed by atoms with Gasteiger partial charge >= 0.3 is 0 Å². The highest BCUT2D eigenvalue weighted by molar-refractivity contribution is 5.05. The van der Waals surface area contributed by atoms with Crippen LogP contribution in [0.1, 0.15) is 52.4 Å². The van der Waals surface area contributed by atoms with Gasteiger partial charge in [-0.15, -0.1) is 6.58 Å². The van der Waals surface area contributed by atoms with E-state index >= 15 is 0 Å². The standard InChI is InChI=1S/C15H27N/c1-4-16-14(10-9-11(2)3)15-12-7-5-6-8-13(12)15/h12-16H,2,4-10H2,1,3H3. The van der Waals surface area contributed by atoms with Gasteiger partial charge in [-0.3, -0.25) is 0 Å². The van der Waals surface area contributed by atoms with Gasteiger partial charge in [0.25, 0.3) is 0 Å². The van der Waals surface area contributed by atoms with Gasteiger partial charge in [0.2, 0.25) is 0 Å². The first kappa shape index (κ1) is 12.2. The molecule has 2 fully saturated rings. The van der Waals surface area contributed by atoms with Gasteiger partial charge < -0.3 is 5.32 Å². The van der Waals surface area contributed by atoms with Crippen LogP contribution in [0.5, 0.6) is 0 Å². The predicted octanol–water partition coefficient (Wildman–Crippen LogP) is 3.76. The van der Waals surface area contributed by atoms with Crippen molar-refractivity contribution >= 4 is 0 Å². The van der Waals surface area contributed by atoms with Gasteiger partial charge in [-0.25, -0.2) is 0 Å². The van der Waals surface area contributed by atoms with Crippen LogP contribution >= 0.6 is 0 Å². The molecule has 1 heteroatoms. The van der Waals surface area contributed by atoms with Crippen molar-refractivity contribution in [2.24, 2.45) is 17.8 Å². The summed E-state index contributed by atoms with van der Waals surface area (Å²) in [6, 6.07) is 0.773. The van der Waals surface area contributed by atoms with Crippen LogP contribution in [0.3, 0.4) is 0 Å². The van der Waals surface area contributed by atoms with E-state index in [-0.39, 0.29) is 0 Å². The summed E-state index contributed by atoms with van der Waals surface area (Å²) in [4.78, 5) is 0. The van der Waals surface area contributed by atoms with Gasteiger partial charge in [0, 0.05) is 6.04 Å². The van der Waals surface area contributed by atoms with Crippen molar-refractivity contribution in [3.05, 3.63) is 12.2 Å². The predicted molar refractivity (Wildman–Crippen MR) is 70.5 cm³/mol. The van der Waals surface area contributed by atoms with Crippen molar-refractivity contribution in [1.29, 1.82) is 0 Å². The highest BCUT2D eigenvalue weighted by Gasteiger charge is 2.53. The smallest absolute Gasteiger partial charge is 0.0104 e. The lowest BCUT2D eigenvalue weighted by Gasteiger charge is -2.18. The van der Waals surface area contributed by atoms with Crippen molar-refractivity contribution in [1.82, 2.24) is 5.32 Å². The second-order valence-electron chi connectivity index (χ2n) is 5.85. The molecular formula is C15H27N. The van der Waals surface area contributed by atoms with Crippen LogP contribution in [0.2, 0.25) is 0 Å². The van der Waals surface area contributed by atoms with Crippen molar-refractivity contribution in [2.45, 2.75) is 58.4 Å². The SMILES string of the molecule is C=C(C)CCC(NCC)C1C2CCCCC21. The van der Waals surface area contributed by atoms with E-state index in [1.54, 1.807) is 0 Å². The molecule has 0 aliphatic heterocycles. The number of nitrogens with one attached hydrogen (secondary N) is 1. The number of allylic oxidation sites excluding steroid dienone is 1. The monoisotopic (exact) mass is 221 g/mol. The van der Waals surface area contributed by atoms with Crippen molar-refractivity contribution in [2.75, 3.05) is 6.54 Å². The molecule has 0 amide bonds.